The number of hydrogen-bond acceptors (Lipinski definition) is 5. The van der Waals surface area contributed by atoms with Crippen molar-refractivity contribution in [3.8, 4) is 5.75 Å². The first-order valence-electron chi connectivity index (χ1n) is 7.12. The van der Waals surface area contributed by atoms with Crippen molar-refractivity contribution in [2.45, 2.75) is 11.8 Å². The Labute approximate surface area is 139 Å². The second kappa shape index (κ2) is 6.29. The number of nitrogens with one attached hydrogen (secondary N) is 1. The maximum absolute atomic E-state index is 12.7. The number of nitrogens with zero attached hydrogens (tertiary/aromatic N) is 1. The molecule has 0 saturated carbocycles. The van der Waals surface area contributed by atoms with Gasteiger partial charge in [0.15, 0.2) is 5.75 Å². The fourth-order valence-electron chi connectivity index (χ4n) is 2.27. The SMILES string of the molecule is CC(=O)Nc1ccccc1OS(=O)(=O)c1cccc2cccnc12. The van der Waals surface area contributed by atoms with Crippen molar-refractivity contribution in [1.29, 1.82) is 0 Å². The van der Waals surface area contributed by atoms with Crippen LogP contribution in [0.2, 0.25) is 0 Å². The van der Waals surface area contributed by atoms with E-state index >= 15 is 0 Å². The molecule has 0 aliphatic carbocycles. The summed E-state index contributed by atoms with van der Waals surface area (Å²) in [5.41, 5.74) is 0.610. The van der Waals surface area contributed by atoms with Crippen molar-refractivity contribution in [2.75, 3.05) is 5.32 Å². The molecule has 1 amide bonds. The highest BCUT2D eigenvalue weighted by Crippen LogP contribution is 2.29. The van der Waals surface area contributed by atoms with E-state index in [0.29, 0.717) is 10.9 Å². The Morgan fingerprint density at radius 3 is 2.58 bits per heavy atom. The minimum absolute atomic E-state index is 0.0294. The van der Waals surface area contributed by atoms with Gasteiger partial charge < -0.3 is 9.50 Å². The molecule has 0 unspecified atom stereocenters. The Morgan fingerprint density at radius 2 is 1.79 bits per heavy atom. The highest BCUT2D eigenvalue weighted by Gasteiger charge is 2.22. The zero-order valence-corrected chi connectivity index (χ0v) is 13.6. The fourth-order valence-corrected chi connectivity index (χ4v) is 3.40. The van der Waals surface area contributed by atoms with E-state index in [1.54, 1.807) is 42.5 Å². The number of anilines is 1. The maximum Gasteiger partial charge on any atom is 0.341 e. The maximum atomic E-state index is 12.7. The lowest BCUT2D eigenvalue weighted by molar-refractivity contribution is -0.114. The van der Waals surface area contributed by atoms with E-state index in [2.05, 4.69) is 10.3 Å². The summed E-state index contributed by atoms with van der Waals surface area (Å²) < 4.78 is 30.6. The molecule has 1 heterocycles. The monoisotopic (exact) mass is 342 g/mol. The largest absolute Gasteiger partial charge is 0.377 e. The van der Waals surface area contributed by atoms with Crippen molar-refractivity contribution in [1.82, 2.24) is 4.98 Å². The number of aromatic nitrogens is 1. The van der Waals surface area contributed by atoms with E-state index in [1.807, 2.05) is 0 Å². The Hall–Kier alpha value is -2.93. The van der Waals surface area contributed by atoms with Crippen LogP contribution in [0.1, 0.15) is 6.92 Å². The first-order chi connectivity index (χ1) is 11.5. The van der Waals surface area contributed by atoms with Crippen LogP contribution >= 0.6 is 0 Å². The first-order valence-corrected chi connectivity index (χ1v) is 8.53. The van der Waals surface area contributed by atoms with Gasteiger partial charge in [0, 0.05) is 18.5 Å². The highest BCUT2D eigenvalue weighted by molar-refractivity contribution is 7.87. The molecule has 1 N–H and O–H groups in total. The zero-order chi connectivity index (χ0) is 17.2. The average molecular weight is 342 g/mol. The molecule has 0 radical (unpaired) electrons. The van der Waals surface area contributed by atoms with Crippen molar-refractivity contribution < 1.29 is 17.4 Å². The molecule has 0 fully saturated rings. The number of carbonyl (C=O) groups excluding carboxylic acids is 1. The van der Waals surface area contributed by atoms with Gasteiger partial charge in [-0.3, -0.25) is 9.78 Å². The lowest BCUT2D eigenvalue weighted by atomic mass is 10.2. The second-order valence-electron chi connectivity index (χ2n) is 5.05. The van der Waals surface area contributed by atoms with E-state index in [0.717, 1.165) is 0 Å². The van der Waals surface area contributed by atoms with Gasteiger partial charge in [0.2, 0.25) is 5.91 Å². The predicted octanol–water partition coefficient (Wildman–Crippen LogP) is 2.96. The minimum atomic E-state index is -4.11. The standard InChI is InChI=1S/C17H14N2O4S/c1-12(20)19-14-8-2-3-9-15(14)23-24(21,22)16-10-4-6-13-7-5-11-18-17(13)16/h2-11H,1H3,(H,19,20). The van der Waals surface area contributed by atoms with Crippen LogP contribution in [0.25, 0.3) is 10.9 Å². The first kappa shape index (κ1) is 15.9. The fraction of sp³-hybridized carbons (Fsp3) is 0.0588. The van der Waals surface area contributed by atoms with E-state index in [4.69, 9.17) is 4.18 Å². The van der Waals surface area contributed by atoms with Crippen LogP contribution < -0.4 is 9.50 Å². The summed E-state index contributed by atoms with van der Waals surface area (Å²) >= 11 is 0. The summed E-state index contributed by atoms with van der Waals surface area (Å²) in [7, 11) is -4.11. The zero-order valence-electron chi connectivity index (χ0n) is 12.8. The molecule has 3 rings (SSSR count). The molecule has 0 spiro atoms. The molecule has 7 heteroatoms. The van der Waals surface area contributed by atoms with Crippen LogP contribution in [0.15, 0.2) is 65.7 Å². The third-order valence-electron chi connectivity index (χ3n) is 3.26. The van der Waals surface area contributed by atoms with Crippen LogP contribution in [0, 0.1) is 0 Å². The number of carbonyl (C=O) groups is 1. The van der Waals surface area contributed by atoms with Gasteiger partial charge in [-0.2, -0.15) is 8.42 Å². The summed E-state index contributed by atoms with van der Waals surface area (Å²) in [6, 6.07) is 14.7. The Kier molecular flexibility index (Phi) is 4.18. The number of hydrogen-bond donors (Lipinski definition) is 1. The van der Waals surface area contributed by atoms with Crippen LogP contribution in [0.3, 0.4) is 0 Å². The molecule has 3 aromatic rings. The van der Waals surface area contributed by atoms with Crippen molar-refractivity contribution in [2.24, 2.45) is 0 Å². The van der Waals surface area contributed by atoms with E-state index in [9.17, 15) is 13.2 Å². The van der Waals surface area contributed by atoms with Gasteiger partial charge in [-0.25, -0.2) is 0 Å². The van der Waals surface area contributed by atoms with Crippen LogP contribution in [0.4, 0.5) is 5.69 Å². The van der Waals surface area contributed by atoms with Crippen molar-refractivity contribution in [3.05, 3.63) is 60.8 Å². The summed E-state index contributed by atoms with van der Waals surface area (Å²) in [6.45, 7) is 1.33. The molecule has 0 aliphatic heterocycles. The minimum Gasteiger partial charge on any atom is -0.377 e. The van der Waals surface area contributed by atoms with Gasteiger partial charge in [0.1, 0.15) is 4.90 Å². The molecule has 0 bridgehead atoms. The summed E-state index contributed by atoms with van der Waals surface area (Å²) in [4.78, 5) is 15.4. The second-order valence-corrected chi connectivity index (χ2v) is 6.56. The number of rotatable bonds is 4. The molecule has 6 nitrogen and oxygen atoms in total. The molecule has 1 aromatic heterocycles. The smallest absolute Gasteiger partial charge is 0.341 e. The number of amides is 1. The quantitative estimate of drug-likeness (QED) is 0.737. The van der Waals surface area contributed by atoms with Gasteiger partial charge >= 0.3 is 10.1 Å². The topological polar surface area (TPSA) is 85.4 Å². The third-order valence-corrected chi connectivity index (χ3v) is 4.53. The Balaban J connectivity index is 2.05. The Bertz CT molecular complexity index is 1010. The van der Waals surface area contributed by atoms with Gasteiger partial charge in [-0.1, -0.05) is 30.3 Å². The molecule has 0 atom stereocenters. The molecule has 0 saturated heterocycles. The van der Waals surface area contributed by atoms with Gasteiger partial charge in [-0.15, -0.1) is 0 Å². The number of fused-ring (bicyclic) bond motifs is 1. The van der Waals surface area contributed by atoms with Gasteiger partial charge in [-0.05, 0) is 24.3 Å². The van der Waals surface area contributed by atoms with Crippen LogP contribution in [-0.2, 0) is 14.9 Å². The van der Waals surface area contributed by atoms with Crippen molar-refractivity contribution >= 4 is 32.6 Å². The summed E-state index contributed by atoms with van der Waals surface area (Å²) in [6.07, 6.45) is 1.52. The molecular weight excluding hydrogens is 328 g/mol. The lowest BCUT2D eigenvalue weighted by Crippen LogP contribution is -2.13. The third kappa shape index (κ3) is 3.21. The highest BCUT2D eigenvalue weighted by atomic mass is 32.2. The van der Waals surface area contributed by atoms with Gasteiger partial charge in [0.25, 0.3) is 0 Å². The van der Waals surface area contributed by atoms with Crippen LogP contribution in [-0.4, -0.2) is 19.3 Å². The molecule has 2 aromatic carbocycles. The molecule has 0 aliphatic rings. The number of pyridine rings is 1. The lowest BCUT2D eigenvalue weighted by Gasteiger charge is -2.12. The predicted molar refractivity (Wildman–Crippen MR) is 90.3 cm³/mol. The number of benzene rings is 2. The number of para-hydroxylation sites is 3. The summed E-state index contributed by atoms with van der Waals surface area (Å²) in [5, 5.41) is 3.23. The molecule has 122 valence electrons. The van der Waals surface area contributed by atoms with E-state index in [-0.39, 0.29) is 22.2 Å². The average Bonchev–Trinajstić information content (AvgIpc) is 2.55. The molecule has 24 heavy (non-hydrogen) atoms. The molecular formula is C17H14N2O4S. The van der Waals surface area contributed by atoms with Gasteiger partial charge in [0.05, 0.1) is 11.2 Å². The normalized spacial score (nSPS) is 11.2. The van der Waals surface area contributed by atoms with E-state index in [1.165, 1.54) is 25.3 Å². The van der Waals surface area contributed by atoms with Crippen molar-refractivity contribution in [3.63, 3.8) is 0 Å². The Morgan fingerprint density at radius 1 is 1.04 bits per heavy atom. The summed E-state index contributed by atoms with van der Waals surface area (Å²) in [5.74, 6) is -0.282. The van der Waals surface area contributed by atoms with Crippen LogP contribution in [0.5, 0.6) is 5.75 Å². The van der Waals surface area contributed by atoms with E-state index < -0.39 is 10.1 Å².